The van der Waals surface area contributed by atoms with Gasteiger partial charge in [-0.25, -0.2) is 0 Å². The highest BCUT2D eigenvalue weighted by Crippen LogP contribution is 2.32. The molecule has 1 saturated heterocycles. The molecule has 1 nitrogen and oxygen atoms in total. The van der Waals surface area contributed by atoms with Crippen LogP contribution in [-0.2, 0) is 10.9 Å². The fourth-order valence-corrected chi connectivity index (χ4v) is 2.65. The van der Waals surface area contributed by atoms with E-state index >= 15 is 0 Å². The van der Waals surface area contributed by atoms with E-state index in [0.717, 1.165) is 35.9 Å². The van der Waals surface area contributed by atoms with Crippen LogP contribution in [0.15, 0.2) is 24.3 Å². The molecule has 0 radical (unpaired) electrons. The second-order valence-electron chi connectivity index (χ2n) is 4.50. The molecule has 0 aliphatic carbocycles. The van der Waals surface area contributed by atoms with Crippen LogP contribution in [0.5, 0.6) is 0 Å². The Hall–Kier alpha value is -0.550. The Morgan fingerprint density at radius 3 is 2.28 bits per heavy atom. The lowest BCUT2D eigenvalue weighted by atomic mass is 9.91. The topological polar surface area (TPSA) is 9.23 Å². The largest absolute Gasteiger partial charge is 0.416 e. The van der Waals surface area contributed by atoms with Gasteiger partial charge in [-0.1, -0.05) is 28.1 Å². The van der Waals surface area contributed by atoms with Gasteiger partial charge < -0.3 is 4.74 Å². The number of halogens is 4. The highest BCUT2D eigenvalue weighted by Gasteiger charge is 2.30. The van der Waals surface area contributed by atoms with Crippen molar-refractivity contribution in [3.05, 3.63) is 35.4 Å². The van der Waals surface area contributed by atoms with Gasteiger partial charge in [0.15, 0.2) is 0 Å². The van der Waals surface area contributed by atoms with Crippen LogP contribution in [0, 0.1) is 0 Å². The molecule has 2 rings (SSSR count). The Balaban J connectivity index is 2.02. The second kappa shape index (κ2) is 5.61. The first-order chi connectivity index (χ1) is 8.50. The molecule has 0 saturated carbocycles. The lowest BCUT2D eigenvalue weighted by Gasteiger charge is -2.28. The van der Waals surface area contributed by atoms with Gasteiger partial charge in [0.05, 0.1) is 18.3 Å². The first-order valence-corrected chi connectivity index (χ1v) is 6.97. The number of hydrogen-bond donors (Lipinski definition) is 0. The van der Waals surface area contributed by atoms with Gasteiger partial charge in [0.25, 0.3) is 0 Å². The summed E-state index contributed by atoms with van der Waals surface area (Å²) in [6.45, 7) is 0.585. The zero-order valence-corrected chi connectivity index (χ0v) is 11.3. The first-order valence-electron chi connectivity index (χ1n) is 5.85. The van der Waals surface area contributed by atoms with Crippen LogP contribution in [0.4, 0.5) is 13.2 Å². The minimum atomic E-state index is -4.26. The predicted molar refractivity (Wildman–Crippen MR) is 67.0 cm³/mol. The van der Waals surface area contributed by atoms with Gasteiger partial charge in [0.1, 0.15) is 0 Å². The summed E-state index contributed by atoms with van der Waals surface area (Å²) in [5.74, 6) is 0.211. The number of ether oxygens (including phenoxy) is 1. The van der Waals surface area contributed by atoms with E-state index in [4.69, 9.17) is 4.74 Å². The molecule has 5 heteroatoms. The van der Waals surface area contributed by atoms with Crippen molar-refractivity contribution in [2.75, 3.05) is 11.9 Å². The summed E-state index contributed by atoms with van der Waals surface area (Å²) in [7, 11) is 0. The van der Waals surface area contributed by atoms with Crippen molar-refractivity contribution >= 4 is 15.9 Å². The molecule has 1 fully saturated rings. The van der Waals surface area contributed by atoms with E-state index in [2.05, 4.69) is 15.9 Å². The van der Waals surface area contributed by atoms with Crippen molar-refractivity contribution in [2.24, 2.45) is 0 Å². The fourth-order valence-electron chi connectivity index (χ4n) is 2.13. The summed E-state index contributed by atoms with van der Waals surface area (Å²) < 4.78 is 42.9. The molecule has 0 spiro atoms. The number of rotatable bonds is 2. The van der Waals surface area contributed by atoms with E-state index in [9.17, 15) is 13.2 Å². The Morgan fingerprint density at radius 1 is 1.17 bits per heavy atom. The molecular formula is C13H14BrF3O. The van der Waals surface area contributed by atoms with Crippen LogP contribution < -0.4 is 0 Å². The smallest absolute Gasteiger partial charge is 0.377 e. The third kappa shape index (κ3) is 3.26. The highest BCUT2D eigenvalue weighted by molar-refractivity contribution is 9.09. The Labute approximate surface area is 112 Å². The van der Waals surface area contributed by atoms with Crippen molar-refractivity contribution in [1.82, 2.24) is 0 Å². The first kappa shape index (κ1) is 13.9. The summed E-state index contributed by atoms with van der Waals surface area (Å²) >= 11 is 3.37. The van der Waals surface area contributed by atoms with Crippen LogP contribution in [-0.4, -0.2) is 18.0 Å². The van der Waals surface area contributed by atoms with Gasteiger partial charge in [0, 0.05) is 11.2 Å². The normalized spacial score (nSPS) is 25.1. The Kier molecular flexibility index (Phi) is 4.33. The van der Waals surface area contributed by atoms with E-state index in [-0.39, 0.29) is 12.0 Å². The molecular weight excluding hydrogens is 309 g/mol. The Bertz CT molecular complexity index is 380. The van der Waals surface area contributed by atoms with Crippen LogP contribution in [0.25, 0.3) is 0 Å². The summed E-state index contributed by atoms with van der Waals surface area (Å²) in [5.41, 5.74) is 0.331. The summed E-state index contributed by atoms with van der Waals surface area (Å²) in [6, 6.07) is 5.41. The lowest BCUT2D eigenvalue weighted by Crippen LogP contribution is -2.25. The van der Waals surface area contributed by atoms with Crippen molar-refractivity contribution in [2.45, 2.75) is 31.0 Å². The number of hydrogen-bond acceptors (Lipinski definition) is 1. The third-order valence-corrected chi connectivity index (χ3v) is 3.97. The SMILES string of the molecule is FC(F)(F)c1ccc(C2CCC(CBr)OC2)cc1. The summed E-state index contributed by atoms with van der Waals surface area (Å²) in [5, 5.41) is 0.812. The number of benzene rings is 1. The molecule has 2 atom stereocenters. The monoisotopic (exact) mass is 322 g/mol. The van der Waals surface area contributed by atoms with Gasteiger partial charge in [-0.15, -0.1) is 0 Å². The van der Waals surface area contributed by atoms with Crippen LogP contribution in [0.1, 0.15) is 29.9 Å². The van der Waals surface area contributed by atoms with Gasteiger partial charge >= 0.3 is 6.18 Å². The zero-order chi connectivity index (χ0) is 13.2. The molecule has 0 amide bonds. The molecule has 2 unspecified atom stereocenters. The molecule has 18 heavy (non-hydrogen) atoms. The van der Waals surface area contributed by atoms with E-state index in [1.807, 2.05) is 0 Å². The van der Waals surface area contributed by atoms with Gasteiger partial charge in [-0.2, -0.15) is 13.2 Å². The number of alkyl halides is 4. The maximum absolute atomic E-state index is 12.4. The van der Waals surface area contributed by atoms with E-state index < -0.39 is 11.7 Å². The summed E-state index contributed by atoms with van der Waals surface area (Å²) in [6.07, 6.45) is -2.13. The molecule has 0 N–H and O–H groups in total. The fraction of sp³-hybridized carbons (Fsp3) is 0.538. The second-order valence-corrected chi connectivity index (χ2v) is 5.15. The molecule has 1 aliphatic rings. The Morgan fingerprint density at radius 2 is 1.83 bits per heavy atom. The molecule has 1 heterocycles. The van der Waals surface area contributed by atoms with Gasteiger partial charge in [-0.05, 0) is 30.5 Å². The quantitative estimate of drug-likeness (QED) is 0.735. The predicted octanol–water partition coefficient (Wildman–Crippen LogP) is 4.36. The van der Waals surface area contributed by atoms with Crippen LogP contribution >= 0.6 is 15.9 Å². The average Bonchev–Trinajstić information content (AvgIpc) is 2.38. The summed E-state index contributed by atoms with van der Waals surface area (Å²) in [4.78, 5) is 0. The van der Waals surface area contributed by atoms with E-state index in [0.29, 0.717) is 6.61 Å². The molecule has 0 aromatic heterocycles. The maximum Gasteiger partial charge on any atom is 0.416 e. The minimum Gasteiger partial charge on any atom is -0.377 e. The molecule has 100 valence electrons. The van der Waals surface area contributed by atoms with E-state index in [1.54, 1.807) is 12.1 Å². The molecule has 0 bridgehead atoms. The third-order valence-electron chi connectivity index (χ3n) is 3.25. The minimum absolute atomic E-state index is 0.211. The van der Waals surface area contributed by atoms with Crippen molar-refractivity contribution in [3.8, 4) is 0 Å². The zero-order valence-electron chi connectivity index (χ0n) is 9.71. The van der Waals surface area contributed by atoms with E-state index in [1.165, 1.54) is 0 Å². The lowest BCUT2D eigenvalue weighted by molar-refractivity contribution is -0.137. The highest BCUT2D eigenvalue weighted by atomic mass is 79.9. The van der Waals surface area contributed by atoms with Crippen molar-refractivity contribution < 1.29 is 17.9 Å². The van der Waals surface area contributed by atoms with Crippen LogP contribution in [0.3, 0.4) is 0 Å². The standard InChI is InChI=1S/C13H14BrF3O/c14-7-12-6-3-10(8-18-12)9-1-4-11(5-2-9)13(15,16)17/h1-2,4-5,10,12H,3,6-8H2. The molecule has 1 aliphatic heterocycles. The average molecular weight is 323 g/mol. The van der Waals surface area contributed by atoms with Gasteiger partial charge in [0.2, 0.25) is 0 Å². The van der Waals surface area contributed by atoms with Crippen molar-refractivity contribution in [1.29, 1.82) is 0 Å². The maximum atomic E-state index is 12.4. The molecule has 1 aromatic rings. The molecule has 1 aromatic carbocycles. The van der Waals surface area contributed by atoms with Gasteiger partial charge in [-0.3, -0.25) is 0 Å². The van der Waals surface area contributed by atoms with Crippen molar-refractivity contribution in [3.63, 3.8) is 0 Å². The van der Waals surface area contributed by atoms with Crippen LogP contribution in [0.2, 0.25) is 0 Å².